The highest BCUT2D eigenvalue weighted by Crippen LogP contribution is 2.29. The van der Waals surface area contributed by atoms with Crippen molar-refractivity contribution in [1.29, 1.82) is 0 Å². The second-order valence-corrected chi connectivity index (χ2v) is 5.30. The Balaban J connectivity index is 2.15. The Kier molecular flexibility index (Phi) is 5.33. The van der Waals surface area contributed by atoms with E-state index in [-0.39, 0.29) is 17.1 Å². The van der Waals surface area contributed by atoms with E-state index >= 15 is 0 Å². The molecule has 8 nitrogen and oxygen atoms in total. The molecule has 130 valence electrons. The highest BCUT2D eigenvalue weighted by atomic mass is 16.6. The number of aryl methyl sites for hydroxylation is 1. The number of nitro groups is 1. The smallest absolute Gasteiger partial charge is 0.314 e. The molecule has 0 bridgehead atoms. The van der Waals surface area contributed by atoms with Gasteiger partial charge in [0, 0.05) is 11.8 Å². The summed E-state index contributed by atoms with van der Waals surface area (Å²) in [6.07, 6.45) is 0. The number of nitrogens with zero attached hydrogens (tertiary/aromatic N) is 1. The van der Waals surface area contributed by atoms with Gasteiger partial charge in [0.1, 0.15) is 5.75 Å². The molecule has 0 saturated heterocycles. The van der Waals surface area contributed by atoms with E-state index in [9.17, 15) is 19.7 Å². The lowest BCUT2D eigenvalue weighted by Gasteiger charge is -2.12. The van der Waals surface area contributed by atoms with Crippen LogP contribution in [0.2, 0.25) is 0 Å². The number of benzene rings is 2. The molecule has 0 fully saturated rings. The number of rotatable bonds is 4. The first-order chi connectivity index (χ1) is 11.8. The quantitative estimate of drug-likeness (QED) is 0.504. The third kappa shape index (κ3) is 4.11. The van der Waals surface area contributed by atoms with Crippen molar-refractivity contribution in [3.05, 3.63) is 57.6 Å². The molecule has 0 aliphatic heterocycles. The van der Waals surface area contributed by atoms with Crippen LogP contribution in [-0.2, 0) is 9.59 Å². The summed E-state index contributed by atoms with van der Waals surface area (Å²) in [7, 11) is 1.31. The summed E-state index contributed by atoms with van der Waals surface area (Å²) in [5.74, 6) is -1.68. The molecule has 0 radical (unpaired) electrons. The average molecular weight is 343 g/mol. The van der Waals surface area contributed by atoms with Crippen molar-refractivity contribution in [3.63, 3.8) is 0 Å². The lowest BCUT2D eigenvalue weighted by atomic mass is 10.1. The summed E-state index contributed by atoms with van der Waals surface area (Å²) >= 11 is 0. The standard InChI is InChI=1S/C17H17N3O5/c1-10-5-4-6-13(11(10)2)18-16(21)17(22)19-14-8-7-12(20(23)24)9-15(14)25-3/h4-9H,1-3H3,(H,18,21)(H,19,22). The third-order valence-corrected chi connectivity index (χ3v) is 3.70. The van der Waals surface area contributed by atoms with Gasteiger partial charge in [-0.2, -0.15) is 0 Å². The monoisotopic (exact) mass is 343 g/mol. The van der Waals surface area contributed by atoms with Crippen LogP contribution in [0.4, 0.5) is 17.1 Å². The predicted molar refractivity (Wildman–Crippen MR) is 92.8 cm³/mol. The maximum absolute atomic E-state index is 12.1. The molecule has 25 heavy (non-hydrogen) atoms. The predicted octanol–water partition coefficient (Wildman–Crippen LogP) is 2.80. The van der Waals surface area contributed by atoms with Crippen LogP contribution in [0.25, 0.3) is 0 Å². The topological polar surface area (TPSA) is 111 Å². The van der Waals surface area contributed by atoms with Gasteiger partial charge in [-0.05, 0) is 37.1 Å². The molecule has 2 rings (SSSR count). The number of ether oxygens (including phenoxy) is 1. The van der Waals surface area contributed by atoms with E-state index in [1.54, 1.807) is 12.1 Å². The van der Waals surface area contributed by atoms with Crippen molar-refractivity contribution in [2.45, 2.75) is 13.8 Å². The summed E-state index contributed by atoms with van der Waals surface area (Å²) < 4.78 is 5.02. The maximum atomic E-state index is 12.1. The third-order valence-electron chi connectivity index (χ3n) is 3.70. The zero-order valence-corrected chi connectivity index (χ0v) is 14.0. The molecular formula is C17H17N3O5. The number of non-ortho nitro benzene ring substituents is 1. The van der Waals surface area contributed by atoms with Gasteiger partial charge in [0.15, 0.2) is 0 Å². The number of carbonyl (C=O) groups is 2. The van der Waals surface area contributed by atoms with Crippen molar-refractivity contribution in [2.75, 3.05) is 17.7 Å². The van der Waals surface area contributed by atoms with Crippen LogP contribution < -0.4 is 15.4 Å². The molecule has 0 spiro atoms. The minimum absolute atomic E-state index is 0.0853. The fourth-order valence-electron chi connectivity index (χ4n) is 2.14. The Morgan fingerprint density at radius 1 is 1.04 bits per heavy atom. The maximum Gasteiger partial charge on any atom is 0.314 e. The number of nitrogens with one attached hydrogen (secondary N) is 2. The normalized spacial score (nSPS) is 10.0. The molecule has 0 saturated carbocycles. The number of hydrogen-bond donors (Lipinski definition) is 2. The number of amides is 2. The van der Waals surface area contributed by atoms with E-state index in [0.29, 0.717) is 5.69 Å². The van der Waals surface area contributed by atoms with Gasteiger partial charge in [-0.1, -0.05) is 12.1 Å². The van der Waals surface area contributed by atoms with Crippen LogP contribution in [-0.4, -0.2) is 23.8 Å². The number of hydrogen-bond acceptors (Lipinski definition) is 5. The number of nitro benzene ring substituents is 1. The fraction of sp³-hybridized carbons (Fsp3) is 0.176. The Morgan fingerprint density at radius 2 is 1.68 bits per heavy atom. The van der Waals surface area contributed by atoms with Crippen LogP contribution in [0.3, 0.4) is 0 Å². The Hall–Kier alpha value is -3.42. The van der Waals surface area contributed by atoms with E-state index in [2.05, 4.69) is 10.6 Å². The SMILES string of the molecule is COc1cc([N+](=O)[O-])ccc1NC(=O)C(=O)Nc1cccc(C)c1C. The Labute approximate surface area is 144 Å². The van der Waals surface area contributed by atoms with Gasteiger partial charge >= 0.3 is 11.8 Å². The van der Waals surface area contributed by atoms with Crippen LogP contribution in [0.15, 0.2) is 36.4 Å². The van der Waals surface area contributed by atoms with Gasteiger partial charge in [-0.15, -0.1) is 0 Å². The fourth-order valence-corrected chi connectivity index (χ4v) is 2.14. The second-order valence-electron chi connectivity index (χ2n) is 5.30. The van der Waals surface area contributed by atoms with Gasteiger partial charge < -0.3 is 15.4 Å². The second kappa shape index (κ2) is 7.43. The minimum Gasteiger partial charge on any atom is -0.494 e. The summed E-state index contributed by atoms with van der Waals surface area (Å²) in [6, 6.07) is 9.04. The van der Waals surface area contributed by atoms with Crippen molar-refractivity contribution in [1.82, 2.24) is 0 Å². The van der Waals surface area contributed by atoms with Crippen molar-refractivity contribution in [3.8, 4) is 5.75 Å². The highest BCUT2D eigenvalue weighted by Gasteiger charge is 2.18. The first kappa shape index (κ1) is 17.9. The lowest BCUT2D eigenvalue weighted by Crippen LogP contribution is -2.29. The molecule has 0 unspecified atom stereocenters. The largest absolute Gasteiger partial charge is 0.494 e. The highest BCUT2D eigenvalue weighted by molar-refractivity contribution is 6.43. The molecule has 2 N–H and O–H groups in total. The van der Waals surface area contributed by atoms with Gasteiger partial charge in [0.2, 0.25) is 0 Å². The zero-order valence-electron chi connectivity index (χ0n) is 14.0. The number of methoxy groups -OCH3 is 1. The summed E-state index contributed by atoms with van der Waals surface area (Å²) in [4.78, 5) is 34.4. The van der Waals surface area contributed by atoms with Crippen molar-refractivity contribution >= 4 is 28.9 Å². The number of carbonyl (C=O) groups excluding carboxylic acids is 2. The van der Waals surface area contributed by atoms with E-state index in [0.717, 1.165) is 17.2 Å². The van der Waals surface area contributed by atoms with E-state index in [1.165, 1.54) is 19.2 Å². The molecule has 0 heterocycles. The lowest BCUT2D eigenvalue weighted by molar-refractivity contribution is -0.384. The zero-order chi connectivity index (χ0) is 18.6. The molecule has 2 aromatic rings. The van der Waals surface area contributed by atoms with Gasteiger partial charge in [-0.25, -0.2) is 0 Å². The van der Waals surface area contributed by atoms with Crippen molar-refractivity contribution in [2.24, 2.45) is 0 Å². The molecule has 0 atom stereocenters. The summed E-state index contributed by atoms with van der Waals surface area (Å²) in [5.41, 5.74) is 2.35. The van der Waals surface area contributed by atoms with E-state index < -0.39 is 16.7 Å². The Morgan fingerprint density at radius 3 is 2.28 bits per heavy atom. The summed E-state index contributed by atoms with van der Waals surface area (Å²) in [5, 5.41) is 15.7. The minimum atomic E-state index is -0.909. The van der Waals surface area contributed by atoms with E-state index in [1.807, 2.05) is 19.9 Å². The van der Waals surface area contributed by atoms with Crippen molar-refractivity contribution < 1.29 is 19.2 Å². The molecule has 0 aromatic heterocycles. The van der Waals surface area contributed by atoms with Crippen LogP contribution >= 0.6 is 0 Å². The van der Waals surface area contributed by atoms with Gasteiger partial charge in [0.25, 0.3) is 5.69 Å². The first-order valence-electron chi connectivity index (χ1n) is 7.34. The van der Waals surface area contributed by atoms with Crippen LogP contribution in [0.1, 0.15) is 11.1 Å². The van der Waals surface area contributed by atoms with Crippen LogP contribution in [0.5, 0.6) is 5.75 Å². The average Bonchev–Trinajstić information content (AvgIpc) is 2.58. The molecule has 8 heteroatoms. The Bertz CT molecular complexity index is 848. The molecule has 0 aliphatic carbocycles. The van der Waals surface area contributed by atoms with Gasteiger partial charge in [-0.3, -0.25) is 19.7 Å². The molecular weight excluding hydrogens is 326 g/mol. The van der Waals surface area contributed by atoms with Crippen LogP contribution in [0, 0.1) is 24.0 Å². The first-order valence-corrected chi connectivity index (χ1v) is 7.34. The van der Waals surface area contributed by atoms with E-state index in [4.69, 9.17) is 4.74 Å². The number of anilines is 2. The molecule has 2 aromatic carbocycles. The summed E-state index contributed by atoms with van der Waals surface area (Å²) in [6.45, 7) is 3.73. The van der Waals surface area contributed by atoms with Gasteiger partial charge in [0.05, 0.1) is 23.8 Å². The molecule has 0 aliphatic rings. The molecule has 2 amide bonds.